The summed E-state index contributed by atoms with van der Waals surface area (Å²) in [4.78, 5) is 6.80. The van der Waals surface area contributed by atoms with Crippen molar-refractivity contribution in [2.75, 3.05) is 25.1 Å². The standard InChI is InChI=1S/C16H17N3.C2H3F3O3S/c1-2-12-7-9-19(11-12)15-6-5-13(10-17)16-14(15)4-3-8-18-16;1-8-9(6,7)2(3,4)5/h3-6,8,12H,2,7,9,11H2,1H3;1H3/t12-;/m0./s1. The van der Waals surface area contributed by atoms with Gasteiger partial charge in [0.25, 0.3) is 0 Å². The van der Waals surface area contributed by atoms with Gasteiger partial charge < -0.3 is 4.90 Å². The minimum Gasteiger partial charge on any atom is -0.371 e. The maximum absolute atomic E-state index is 11.1. The van der Waals surface area contributed by atoms with Crippen molar-refractivity contribution < 1.29 is 25.8 Å². The van der Waals surface area contributed by atoms with Crippen molar-refractivity contribution in [2.45, 2.75) is 25.3 Å². The molecule has 0 unspecified atom stereocenters. The lowest BCUT2D eigenvalue weighted by Crippen LogP contribution is -2.23. The van der Waals surface area contributed by atoms with Crippen LogP contribution in [0.4, 0.5) is 18.9 Å². The first-order valence-electron chi connectivity index (χ1n) is 8.54. The van der Waals surface area contributed by atoms with Crippen LogP contribution in [0, 0.1) is 17.2 Å². The average Bonchev–Trinajstić information content (AvgIpc) is 3.15. The molecule has 0 radical (unpaired) electrons. The van der Waals surface area contributed by atoms with Crippen LogP contribution in [0.25, 0.3) is 10.9 Å². The first-order chi connectivity index (χ1) is 13.1. The monoisotopic (exact) mass is 415 g/mol. The fourth-order valence-corrected chi connectivity index (χ4v) is 3.19. The normalized spacial score (nSPS) is 17.1. The Bertz CT molecular complexity index is 971. The molecule has 0 N–H and O–H groups in total. The van der Waals surface area contributed by atoms with E-state index < -0.39 is 15.6 Å². The summed E-state index contributed by atoms with van der Waals surface area (Å²) in [6.07, 6.45) is 4.26. The molecule has 0 saturated carbocycles. The van der Waals surface area contributed by atoms with Gasteiger partial charge in [0, 0.05) is 30.4 Å². The summed E-state index contributed by atoms with van der Waals surface area (Å²) in [5.74, 6) is 0.794. The molecule has 2 aromatic rings. The molecule has 1 aromatic carbocycles. The van der Waals surface area contributed by atoms with Gasteiger partial charge in [-0.25, -0.2) is 0 Å². The van der Waals surface area contributed by atoms with E-state index in [1.807, 2.05) is 12.1 Å². The molecule has 10 heteroatoms. The Morgan fingerprint density at radius 3 is 2.57 bits per heavy atom. The summed E-state index contributed by atoms with van der Waals surface area (Å²) in [7, 11) is -4.89. The van der Waals surface area contributed by atoms with E-state index in [1.54, 1.807) is 6.20 Å². The van der Waals surface area contributed by atoms with Gasteiger partial charge in [0.2, 0.25) is 0 Å². The van der Waals surface area contributed by atoms with Crippen molar-refractivity contribution >= 4 is 26.7 Å². The van der Waals surface area contributed by atoms with Crippen molar-refractivity contribution in [3.05, 3.63) is 36.0 Å². The molecule has 28 heavy (non-hydrogen) atoms. The van der Waals surface area contributed by atoms with Crippen molar-refractivity contribution in [1.29, 1.82) is 5.26 Å². The zero-order valence-electron chi connectivity index (χ0n) is 15.4. The van der Waals surface area contributed by atoms with Gasteiger partial charge in [0.15, 0.2) is 0 Å². The number of nitriles is 1. The van der Waals surface area contributed by atoms with Gasteiger partial charge in [-0.2, -0.15) is 26.9 Å². The van der Waals surface area contributed by atoms with Gasteiger partial charge in [-0.15, -0.1) is 0 Å². The molecule has 2 heterocycles. The maximum Gasteiger partial charge on any atom is 0.523 e. The quantitative estimate of drug-likeness (QED) is 0.560. The Balaban J connectivity index is 0.000000266. The SMILES string of the molecule is CC[C@H]1CCN(c2ccc(C#N)c3ncccc23)C1.COS(=O)(=O)C(F)(F)F. The van der Waals surface area contributed by atoms with Crippen LogP contribution < -0.4 is 4.90 Å². The zero-order valence-corrected chi connectivity index (χ0v) is 16.2. The molecule has 6 nitrogen and oxygen atoms in total. The van der Waals surface area contributed by atoms with E-state index >= 15 is 0 Å². The van der Waals surface area contributed by atoms with Crippen molar-refractivity contribution in [3.63, 3.8) is 0 Å². The largest absolute Gasteiger partial charge is 0.523 e. The third-order valence-corrected chi connectivity index (χ3v) is 5.58. The van der Waals surface area contributed by atoms with Gasteiger partial charge >= 0.3 is 15.6 Å². The Labute approximate surface area is 161 Å². The highest BCUT2D eigenvalue weighted by atomic mass is 32.2. The number of pyridine rings is 1. The summed E-state index contributed by atoms with van der Waals surface area (Å²) < 4.78 is 55.9. The van der Waals surface area contributed by atoms with Gasteiger partial charge in [0.1, 0.15) is 6.07 Å². The number of hydrogen-bond donors (Lipinski definition) is 0. The van der Waals surface area contributed by atoms with Crippen LogP contribution in [0.3, 0.4) is 0 Å². The third kappa shape index (κ3) is 4.72. The van der Waals surface area contributed by atoms with Crippen molar-refractivity contribution in [3.8, 4) is 6.07 Å². The van der Waals surface area contributed by atoms with E-state index in [0.29, 0.717) is 12.7 Å². The molecular formula is C18H20F3N3O3S. The van der Waals surface area contributed by atoms with E-state index in [4.69, 9.17) is 5.26 Å². The number of halogens is 3. The number of nitrogens with zero attached hydrogens (tertiary/aromatic N) is 3. The van der Waals surface area contributed by atoms with Gasteiger partial charge in [-0.05, 0) is 36.6 Å². The van der Waals surface area contributed by atoms with Gasteiger partial charge in [-0.1, -0.05) is 13.3 Å². The fraction of sp³-hybridized carbons (Fsp3) is 0.444. The second kappa shape index (κ2) is 8.75. The average molecular weight is 415 g/mol. The van der Waals surface area contributed by atoms with Crippen LogP contribution in [0.5, 0.6) is 0 Å². The van der Waals surface area contributed by atoms with Crippen LogP contribution >= 0.6 is 0 Å². The van der Waals surface area contributed by atoms with Crippen LogP contribution in [0.15, 0.2) is 30.5 Å². The first-order valence-corrected chi connectivity index (χ1v) is 9.95. The Morgan fingerprint density at radius 1 is 1.36 bits per heavy atom. The second-order valence-electron chi connectivity index (χ2n) is 6.22. The highest BCUT2D eigenvalue weighted by Gasteiger charge is 2.46. The maximum atomic E-state index is 11.1. The Morgan fingerprint density at radius 2 is 2.07 bits per heavy atom. The van der Waals surface area contributed by atoms with E-state index in [1.165, 1.54) is 18.5 Å². The number of anilines is 1. The molecule has 1 fully saturated rings. The molecule has 3 rings (SSSR count). The molecule has 152 valence electrons. The molecule has 0 aliphatic carbocycles. The molecule has 1 atom stereocenters. The minimum atomic E-state index is -5.34. The summed E-state index contributed by atoms with van der Waals surface area (Å²) in [6.45, 7) is 4.48. The number of rotatable bonds is 3. The lowest BCUT2D eigenvalue weighted by atomic mass is 10.1. The molecule has 0 amide bonds. The number of benzene rings is 1. The van der Waals surface area contributed by atoms with Crippen LogP contribution in [-0.2, 0) is 14.3 Å². The zero-order chi connectivity index (χ0) is 20.9. The predicted molar refractivity (Wildman–Crippen MR) is 99.1 cm³/mol. The highest BCUT2D eigenvalue weighted by molar-refractivity contribution is 7.87. The number of aromatic nitrogens is 1. The summed E-state index contributed by atoms with van der Waals surface area (Å²) in [5, 5.41) is 10.3. The molecule has 1 aromatic heterocycles. The lowest BCUT2D eigenvalue weighted by Gasteiger charge is -2.20. The number of hydrogen-bond acceptors (Lipinski definition) is 6. The molecule has 0 spiro atoms. The van der Waals surface area contributed by atoms with E-state index in [0.717, 1.165) is 29.9 Å². The van der Waals surface area contributed by atoms with Crippen LogP contribution in [0.1, 0.15) is 25.3 Å². The predicted octanol–water partition coefficient (Wildman–Crippen LogP) is 3.83. The molecular weight excluding hydrogens is 395 g/mol. The second-order valence-corrected chi connectivity index (χ2v) is 7.92. The van der Waals surface area contributed by atoms with Crippen molar-refractivity contribution in [2.24, 2.45) is 5.92 Å². The molecule has 0 bridgehead atoms. The Hall–Kier alpha value is -2.38. The smallest absolute Gasteiger partial charge is 0.371 e. The van der Waals surface area contributed by atoms with Crippen LogP contribution in [-0.4, -0.2) is 39.1 Å². The van der Waals surface area contributed by atoms with E-state index in [-0.39, 0.29) is 0 Å². The van der Waals surface area contributed by atoms with E-state index in [2.05, 4.69) is 39.2 Å². The van der Waals surface area contributed by atoms with Crippen molar-refractivity contribution in [1.82, 2.24) is 4.98 Å². The molecule has 1 aliphatic rings. The van der Waals surface area contributed by atoms with E-state index in [9.17, 15) is 21.6 Å². The number of fused-ring (bicyclic) bond motifs is 1. The van der Waals surface area contributed by atoms with Gasteiger partial charge in [0.05, 0.1) is 18.2 Å². The fourth-order valence-electron chi connectivity index (χ4n) is 3.00. The number of alkyl halides is 3. The molecule has 1 saturated heterocycles. The Kier molecular flexibility index (Phi) is 6.85. The van der Waals surface area contributed by atoms with Gasteiger partial charge in [-0.3, -0.25) is 9.17 Å². The summed E-state index contributed by atoms with van der Waals surface area (Å²) in [5.41, 5.74) is -2.60. The molecule has 1 aliphatic heterocycles. The topological polar surface area (TPSA) is 83.3 Å². The lowest BCUT2D eigenvalue weighted by molar-refractivity contribution is -0.0526. The first kappa shape index (κ1) is 21.9. The summed E-state index contributed by atoms with van der Waals surface area (Å²) >= 11 is 0. The third-order valence-electron chi connectivity index (χ3n) is 4.57. The summed E-state index contributed by atoms with van der Waals surface area (Å²) in [6, 6.07) is 10.2. The highest BCUT2D eigenvalue weighted by Crippen LogP contribution is 2.32. The minimum absolute atomic E-state index is 0.447. The van der Waals surface area contributed by atoms with Crippen LogP contribution in [0.2, 0.25) is 0 Å².